The minimum atomic E-state index is 0.620. The van der Waals surface area contributed by atoms with Crippen molar-refractivity contribution in [3.05, 3.63) is 59.4 Å². The van der Waals surface area contributed by atoms with Gasteiger partial charge in [-0.05, 0) is 42.0 Å². The van der Waals surface area contributed by atoms with Crippen molar-refractivity contribution in [2.45, 2.75) is 5.75 Å². The molecule has 1 aromatic carbocycles. The number of aromatic nitrogens is 1. The SMILES string of the molecule is S=C(NCCSCc1ccc(Cl)cc1)Nc1cccnc1. The quantitative estimate of drug-likeness (QED) is 0.616. The van der Waals surface area contributed by atoms with Crippen molar-refractivity contribution in [2.24, 2.45) is 0 Å². The Bertz CT molecular complexity index is 561. The van der Waals surface area contributed by atoms with Crippen LogP contribution >= 0.6 is 35.6 Å². The Morgan fingerprint density at radius 1 is 1.24 bits per heavy atom. The number of pyridine rings is 1. The lowest BCUT2D eigenvalue weighted by Gasteiger charge is -2.09. The number of hydrogen-bond acceptors (Lipinski definition) is 3. The van der Waals surface area contributed by atoms with Gasteiger partial charge in [0.25, 0.3) is 0 Å². The molecule has 0 saturated heterocycles. The van der Waals surface area contributed by atoms with E-state index in [2.05, 4.69) is 27.8 Å². The summed E-state index contributed by atoms with van der Waals surface area (Å²) in [6.07, 6.45) is 3.47. The number of benzene rings is 1. The summed E-state index contributed by atoms with van der Waals surface area (Å²) in [5.41, 5.74) is 2.17. The maximum Gasteiger partial charge on any atom is 0.170 e. The van der Waals surface area contributed by atoms with Gasteiger partial charge in [0, 0.05) is 29.3 Å². The Balaban J connectivity index is 1.59. The molecule has 0 aliphatic heterocycles. The third-order valence-corrected chi connectivity index (χ3v) is 4.16. The van der Waals surface area contributed by atoms with E-state index in [1.165, 1.54) is 5.56 Å². The summed E-state index contributed by atoms with van der Waals surface area (Å²) < 4.78 is 0. The Morgan fingerprint density at radius 2 is 2.05 bits per heavy atom. The number of halogens is 1. The molecule has 2 rings (SSSR count). The Kier molecular flexibility index (Phi) is 6.79. The predicted octanol–water partition coefficient (Wildman–Crippen LogP) is 3.95. The van der Waals surface area contributed by atoms with Gasteiger partial charge in [-0.2, -0.15) is 11.8 Å². The summed E-state index contributed by atoms with van der Waals surface area (Å²) >= 11 is 12.9. The van der Waals surface area contributed by atoms with Gasteiger partial charge in [-0.3, -0.25) is 4.98 Å². The predicted molar refractivity (Wildman–Crippen MR) is 96.1 cm³/mol. The maximum atomic E-state index is 5.85. The van der Waals surface area contributed by atoms with Crippen LogP contribution in [0.25, 0.3) is 0 Å². The molecule has 0 aliphatic rings. The van der Waals surface area contributed by atoms with E-state index in [1.807, 2.05) is 36.0 Å². The molecule has 0 saturated carbocycles. The molecule has 0 amide bonds. The number of anilines is 1. The topological polar surface area (TPSA) is 37.0 Å². The van der Waals surface area contributed by atoms with Crippen molar-refractivity contribution in [1.29, 1.82) is 0 Å². The highest BCUT2D eigenvalue weighted by molar-refractivity contribution is 7.98. The molecule has 0 fully saturated rings. The largest absolute Gasteiger partial charge is 0.362 e. The molecule has 3 nitrogen and oxygen atoms in total. The molecule has 0 spiro atoms. The summed E-state index contributed by atoms with van der Waals surface area (Å²) in [7, 11) is 0. The second-order valence-corrected chi connectivity index (χ2v) is 6.25. The first-order chi connectivity index (χ1) is 10.2. The van der Waals surface area contributed by atoms with Crippen LogP contribution in [0, 0.1) is 0 Å². The number of thiocarbonyl (C=S) groups is 1. The third kappa shape index (κ3) is 6.33. The molecule has 2 N–H and O–H groups in total. The fraction of sp³-hybridized carbons (Fsp3) is 0.200. The van der Waals surface area contributed by atoms with Crippen molar-refractivity contribution >= 4 is 46.4 Å². The fourth-order valence-electron chi connectivity index (χ4n) is 1.62. The lowest BCUT2D eigenvalue weighted by Crippen LogP contribution is -2.30. The van der Waals surface area contributed by atoms with Crippen molar-refractivity contribution < 1.29 is 0 Å². The van der Waals surface area contributed by atoms with Gasteiger partial charge in [0.1, 0.15) is 0 Å². The van der Waals surface area contributed by atoms with Crippen LogP contribution in [0.3, 0.4) is 0 Å². The van der Waals surface area contributed by atoms with Crippen molar-refractivity contribution in [1.82, 2.24) is 10.3 Å². The van der Waals surface area contributed by atoms with Gasteiger partial charge in [0.05, 0.1) is 11.9 Å². The van der Waals surface area contributed by atoms with Crippen molar-refractivity contribution in [3.8, 4) is 0 Å². The number of nitrogens with one attached hydrogen (secondary N) is 2. The highest BCUT2D eigenvalue weighted by Crippen LogP contribution is 2.15. The standard InChI is InChI=1S/C15H16ClN3S2/c16-13-5-3-12(4-6-13)11-21-9-8-18-15(20)19-14-2-1-7-17-10-14/h1-7,10H,8-9,11H2,(H2,18,19,20). The maximum absolute atomic E-state index is 5.85. The molecule has 0 bridgehead atoms. The number of rotatable bonds is 6. The molecule has 6 heteroatoms. The molecule has 2 aromatic rings. The summed E-state index contributed by atoms with van der Waals surface area (Å²) in [5.74, 6) is 1.96. The van der Waals surface area contributed by atoms with Crippen molar-refractivity contribution in [2.75, 3.05) is 17.6 Å². The van der Waals surface area contributed by atoms with Gasteiger partial charge in [0.2, 0.25) is 0 Å². The molecular formula is C15H16ClN3S2. The molecule has 1 aromatic heterocycles. The minimum absolute atomic E-state index is 0.620. The van der Waals surface area contributed by atoms with Gasteiger partial charge in [-0.15, -0.1) is 0 Å². The summed E-state index contributed by atoms with van der Waals surface area (Å²) in [6.45, 7) is 0.824. The van der Waals surface area contributed by atoms with Crippen LogP contribution in [-0.2, 0) is 5.75 Å². The summed E-state index contributed by atoms with van der Waals surface area (Å²) in [6, 6.07) is 11.7. The zero-order valence-electron chi connectivity index (χ0n) is 11.4. The Hall–Kier alpha value is -1.30. The van der Waals surface area contributed by atoms with Crippen LogP contribution in [0.1, 0.15) is 5.56 Å². The minimum Gasteiger partial charge on any atom is -0.362 e. The van der Waals surface area contributed by atoms with Gasteiger partial charge < -0.3 is 10.6 Å². The Labute approximate surface area is 139 Å². The molecule has 21 heavy (non-hydrogen) atoms. The van der Waals surface area contributed by atoms with Crippen molar-refractivity contribution in [3.63, 3.8) is 0 Å². The van der Waals surface area contributed by atoms with E-state index in [0.717, 1.165) is 28.8 Å². The highest BCUT2D eigenvalue weighted by Gasteiger charge is 1.98. The summed E-state index contributed by atoms with van der Waals surface area (Å²) in [4.78, 5) is 4.02. The van der Waals surface area contributed by atoms with Crippen LogP contribution in [0.15, 0.2) is 48.8 Å². The normalized spacial score (nSPS) is 10.1. The van der Waals surface area contributed by atoms with E-state index >= 15 is 0 Å². The van der Waals surface area contributed by atoms with E-state index in [1.54, 1.807) is 12.4 Å². The molecule has 1 heterocycles. The van der Waals surface area contributed by atoms with E-state index in [0.29, 0.717) is 5.11 Å². The van der Waals surface area contributed by atoms with Crippen LogP contribution < -0.4 is 10.6 Å². The van der Waals surface area contributed by atoms with Crippen LogP contribution in [-0.4, -0.2) is 22.4 Å². The van der Waals surface area contributed by atoms with Crippen LogP contribution in [0.4, 0.5) is 5.69 Å². The first-order valence-corrected chi connectivity index (χ1v) is 8.45. The molecule has 0 radical (unpaired) electrons. The molecular weight excluding hydrogens is 322 g/mol. The molecule has 0 unspecified atom stereocenters. The Morgan fingerprint density at radius 3 is 2.76 bits per heavy atom. The van der Waals surface area contributed by atoms with Gasteiger partial charge >= 0.3 is 0 Å². The monoisotopic (exact) mass is 337 g/mol. The van der Waals surface area contributed by atoms with E-state index in [-0.39, 0.29) is 0 Å². The number of thioether (sulfide) groups is 1. The van der Waals surface area contributed by atoms with Gasteiger partial charge in [0.15, 0.2) is 5.11 Å². The second-order valence-electron chi connectivity index (χ2n) is 4.30. The molecule has 0 aliphatic carbocycles. The zero-order valence-corrected chi connectivity index (χ0v) is 13.8. The average Bonchev–Trinajstić information content (AvgIpc) is 2.50. The van der Waals surface area contributed by atoms with E-state index in [9.17, 15) is 0 Å². The highest BCUT2D eigenvalue weighted by atomic mass is 35.5. The summed E-state index contributed by atoms with van der Waals surface area (Å²) in [5, 5.41) is 7.66. The first kappa shape index (κ1) is 16.1. The van der Waals surface area contributed by atoms with E-state index < -0.39 is 0 Å². The van der Waals surface area contributed by atoms with Crippen LogP contribution in [0.5, 0.6) is 0 Å². The van der Waals surface area contributed by atoms with E-state index in [4.69, 9.17) is 23.8 Å². The molecule has 0 atom stereocenters. The van der Waals surface area contributed by atoms with Crippen LogP contribution in [0.2, 0.25) is 5.02 Å². The lowest BCUT2D eigenvalue weighted by molar-refractivity contribution is 0.989. The average molecular weight is 338 g/mol. The fourth-order valence-corrected chi connectivity index (χ4v) is 2.78. The smallest absolute Gasteiger partial charge is 0.170 e. The zero-order chi connectivity index (χ0) is 14.9. The third-order valence-electron chi connectivity index (χ3n) is 2.63. The van der Waals surface area contributed by atoms with Gasteiger partial charge in [-0.1, -0.05) is 23.7 Å². The lowest BCUT2D eigenvalue weighted by atomic mass is 10.2. The molecule has 110 valence electrons. The number of hydrogen-bond donors (Lipinski definition) is 2. The number of nitrogens with zero attached hydrogens (tertiary/aromatic N) is 1. The van der Waals surface area contributed by atoms with Gasteiger partial charge in [-0.25, -0.2) is 0 Å². The second kappa shape index (κ2) is 8.87. The first-order valence-electron chi connectivity index (χ1n) is 6.51.